The maximum absolute atomic E-state index is 12.3. The Balaban J connectivity index is 1.35. The van der Waals surface area contributed by atoms with Gasteiger partial charge in [0.05, 0.1) is 5.69 Å². The van der Waals surface area contributed by atoms with E-state index in [1.807, 2.05) is 18.2 Å². The molecule has 0 saturated carbocycles. The minimum absolute atomic E-state index is 0.109. The van der Waals surface area contributed by atoms with Crippen LogP contribution in [0.1, 0.15) is 42.9 Å². The van der Waals surface area contributed by atoms with Gasteiger partial charge >= 0.3 is 0 Å². The summed E-state index contributed by atoms with van der Waals surface area (Å²) in [6, 6.07) is 16.1. The number of pyridine rings is 1. The summed E-state index contributed by atoms with van der Waals surface area (Å²) in [4.78, 5) is 29.4. The molecule has 2 aromatic heterocycles. The summed E-state index contributed by atoms with van der Waals surface area (Å²) in [6.45, 7) is 5.27. The van der Waals surface area contributed by atoms with Crippen LogP contribution in [0.25, 0.3) is 11.5 Å². The van der Waals surface area contributed by atoms with Crippen LogP contribution in [0.2, 0.25) is 0 Å². The standard InChI is InChI=1S/C25H29N5O/c31-24-16-22(27-25(28-24)21-10-3-4-12-26-21)19-9-7-13-29(17-19)18-20-8-1-2-11-23(20)30-14-5-6-15-30/h1-4,8,10-12,16,19H,5-7,9,13-15,17-18H2,(H,27,28,31)/t19-/m0/s1. The molecule has 2 saturated heterocycles. The third-order valence-electron chi connectivity index (χ3n) is 6.43. The SMILES string of the molecule is O=c1cc([C@H]2CCCN(Cc3ccccc3N3CCCC3)C2)nc(-c2ccccn2)[nH]1. The number of nitrogens with zero attached hydrogens (tertiary/aromatic N) is 4. The third-order valence-corrected chi connectivity index (χ3v) is 6.43. The molecule has 1 aromatic carbocycles. The fourth-order valence-corrected chi connectivity index (χ4v) is 4.90. The number of hydrogen-bond acceptors (Lipinski definition) is 5. The van der Waals surface area contributed by atoms with Crippen LogP contribution >= 0.6 is 0 Å². The van der Waals surface area contributed by atoms with Crippen LogP contribution < -0.4 is 10.5 Å². The second-order valence-electron chi connectivity index (χ2n) is 8.63. The molecular formula is C25H29N5O. The van der Waals surface area contributed by atoms with Crippen LogP contribution in [0.5, 0.6) is 0 Å². The van der Waals surface area contributed by atoms with Gasteiger partial charge in [-0.2, -0.15) is 0 Å². The first-order chi connectivity index (χ1) is 15.3. The van der Waals surface area contributed by atoms with Crippen molar-refractivity contribution >= 4 is 5.69 Å². The number of rotatable bonds is 5. The van der Waals surface area contributed by atoms with Gasteiger partial charge in [0, 0.05) is 50.0 Å². The van der Waals surface area contributed by atoms with Crippen molar-refractivity contribution in [3.63, 3.8) is 0 Å². The molecule has 2 aliphatic rings. The molecule has 0 bridgehead atoms. The van der Waals surface area contributed by atoms with Gasteiger partial charge in [-0.05, 0) is 56.0 Å². The molecule has 3 aromatic rings. The summed E-state index contributed by atoms with van der Waals surface area (Å²) in [6.07, 6.45) is 6.47. The van der Waals surface area contributed by atoms with Crippen molar-refractivity contribution < 1.29 is 0 Å². The third kappa shape index (κ3) is 4.54. The number of likely N-dealkylation sites (tertiary alicyclic amines) is 1. The lowest BCUT2D eigenvalue weighted by molar-refractivity contribution is 0.198. The molecule has 4 heterocycles. The molecule has 6 heteroatoms. The molecular weight excluding hydrogens is 386 g/mol. The average molecular weight is 416 g/mol. The molecule has 31 heavy (non-hydrogen) atoms. The van der Waals surface area contributed by atoms with Crippen molar-refractivity contribution in [2.45, 2.75) is 38.1 Å². The highest BCUT2D eigenvalue weighted by molar-refractivity contribution is 5.54. The normalized spacial score (nSPS) is 19.6. The fraction of sp³-hybridized carbons (Fsp3) is 0.400. The van der Waals surface area contributed by atoms with Gasteiger partial charge in [-0.25, -0.2) is 4.98 Å². The zero-order valence-electron chi connectivity index (χ0n) is 17.8. The van der Waals surface area contributed by atoms with Gasteiger partial charge in [0.1, 0.15) is 5.69 Å². The van der Waals surface area contributed by atoms with Crippen LogP contribution in [0.4, 0.5) is 5.69 Å². The Morgan fingerprint density at radius 3 is 2.68 bits per heavy atom. The Labute approximate surface area is 183 Å². The average Bonchev–Trinajstić information content (AvgIpc) is 3.35. The Morgan fingerprint density at radius 2 is 1.84 bits per heavy atom. The topological polar surface area (TPSA) is 65.1 Å². The Hall–Kier alpha value is -2.99. The van der Waals surface area contributed by atoms with Crippen LogP contribution in [-0.2, 0) is 6.54 Å². The van der Waals surface area contributed by atoms with E-state index >= 15 is 0 Å². The van der Waals surface area contributed by atoms with Crippen LogP contribution in [-0.4, -0.2) is 46.0 Å². The number of H-pyrrole nitrogens is 1. The van der Waals surface area contributed by atoms with E-state index in [-0.39, 0.29) is 11.5 Å². The number of anilines is 1. The number of benzene rings is 1. The lowest BCUT2D eigenvalue weighted by Crippen LogP contribution is -2.35. The Morgan fingerprint density at radius 1 is 1.00 bits per heavy atom. The van der Waals surface area contributed by atoms with Crippen molar-refractivity contribution in [1.29, 1.82) is 0 Å². The van der Waals surface area contributed by atoms with Crippen molar-refractivity contribution in [2.75, 3.05) is 31.1 Å². The smallest absolute Gasteiger partial charge is 0.251 e. The zero-order valence-corrected chi connectivity index (χ0v) is 17.8. The van der Waals surface area contributed by atoms with E-state index in [0.29, 0.717) is 11.5 Å². The number of para-hydroxylation sites is 1. The molecule has 5 rings (SSSR count). The molecule has 0 spiro atoms. The molecule has 2 aliphatic heterocycles. The number of piperidine rings is 1. The van der Waals surface area contributed by atoms with Crippen molar-refractivity contribution in [1.82, 2.24) is 19.9 Å². The van der Waals surface area contributed by atoms with E-state index < -0.39 is 0 Å². The van der Waals surface area contributed by atoms with E-state index in [2.05, 4.69) is 44.0 Å². The molecule has 0 amide bonds. The first kappa shape index (κ1) is 19.9. The molecule has 0 unspecified atom stereocenters. The van der Waals surface area contributed by atoms with E-state index in [0.717, 1.165) is 51.3 Å². The van der Waals surface area contributed by atoms with E-state index in [1.54, 1.807) is 12.3 Å². The second kappa shape index (κ2) is 9.02. The van der Waals surface area contributed by atoms with Gasteiger partial charge in [0.25, 0.3) is 5.56 Å². The summed E-state index contributed by atoms with van der Waals surface area (Å²) < 4.78 is 0. The summed E-state index contributed by atoms with van der Waals surface area (Å²) in [5.41, 5.74) is 4.25. The number of aromatic amines is 1. The first-order valence-corrected chi connectivity index (χ1v) is 11.3. The fourth-order valence-electron chi connectivity index (χ4n) is 4.90. The quantitative estimate of drug-likeness (QED) is 0.686. The largest absolute Gasteiger partial charge is 0.371 e. The van der Waals surface area contributed by atoms with E-state index in [4.69, 9.17) is 4.98 Å². The molecule has 160 valence electrons. The maximum atomic E-state index is 12.3. The molecule has 6 nitrogen and oxygen atoms in total. The second-order valence-corrected chi connectivity index (χ2v) is 8.63. The van der Waals surface area contributed by atoms with Crippen LogP contribution in [0.15, 0.2) is 59.5 Å². The van der Waals surface area contributed by atoms with Gasteiger partial charge in [-0.1, -0.05) is 24.3 Å². The predicted molar refractivity (Wildman–Crippen MR) is 123 cm³/mol. The van der Waals surface area contributed by atoms with Crippen molar-refractivity contribution in [3.8, 4) is 11.5 Å². The minimum atomic E-state index is -0.109. The lowest BCUT2D eigenvalue weighted by Gasteiger charge is -2.33. The Bertz CT molecular complexity index is 1070. The highest BCUT2D eigenvalue weighted by Crippen LogP contribution is 2.30. The zero-order chi connectivity index (χ0) is 21.0. The number of nitrogens with one attached hydrogen (secondary N) is 1. The predicted octanol–water partition coefficient (Wildman–Crippen LogP) is 3.81. The van der Waals surface area contributed by atoms with Crippen LogP contribution in [0, 0.1) is 0 Å². The molecule has 1 atom stereocenters. The Kier molecular flexibility index (Phi) is 5.80. The van der Waals surface area contributed by atoms with E-state index in [9.17, 15) is 4.79 Å². The summed E-state index contributed by atoms with van der Waals surface area (Å²) in [7, 11) is 0. The summed E-state index contributed by atoms with van der Waals surface area (Å²) in [5.74, 6) is 0.817. The van der Waals surface area contributed by atoms with E-state index in [1.165, 1.54) is 24.1 Å². The maximum Gasteiger partial charge on any atom is 0.251 e. The van der Waals surface area contributed by atoms with Crippen molar-refractivity contribution in [3.05, 3.63) is 76.3 Å². The highest BCUT2D eigenvalue weighted by atomic mass is 16.1. The van der Waals surface area contributed by atoms with Gasteiger partial charge in [-0.3, -0.25) is 14.7 Å². The number of hydrogen-bond donors (Lipinski definition) is 1. The lowest BCUT2D eigenvalue weighted by atomic mass is 9.94. The highest BCUT2D eigenvalue weighted by Gasteiger charge is 2.25. The van der Waals surface area contributed by atoms with Crippen molar-refractivity contribution in [2.24, 2.45) is 0 Å². The molecule has 2 fully saturated rings. The van der Waals surface area contributed by atoms with Crippen LogP contribution in [0.3, 0.4) is 0 Å². The van der Waals surface area contributed by atoms with Gasteiger partial charge in [0.2, 0.25) is 0 Å². The van der Waals surface area contributed by atoms with Gasteiger partial charge in [0.15, 0.2) is 5.82 Å². The molecule has 0 aliphatic carbocycles. The monoisotopic (exact) mass is 415 g/mol. The summed E-state index contributed by atoms with van der Waals surface area (Å²) >= 11 is 0. The first-order valence-electron chi connectivity index (χ1n) is 11.3. The van der Waals surface area contributed by atoms with Gasteiger partial charge in [-0.15, -0.1) is 0 Å². The van der Waals surface area contributed by atoms with Gasteiger partial charge < -0.3 is 9.88 Å². The minimum Gasteiger partial charge on any atom is -0.371 e. The molecule has 0 radical (unpaired) electrons. The summed E-state index contributed by atoms with van der Waals surface area (Å²) in [5, 5.41) is 0. The molecule has 1 N–H and O–H groups in total. The number of aromatic nitrogens is 3.